The molecule has 0 unspecified atom stereocenters. The number of aliphatic carboxylic acids is 1. The number of nitrogens with zero attached hydrogens (tertiary/aromatic N) is 1. The minimum Gasteiger partial charge on any atom is -0.478 e. The van der Waals surface area contributed by atoms with Crippen LogP contribution in [-0.2, 0) is 9.59 Å². The standard InChI is InChI=1S/C14H16N2O3/c17-13(15-12-6-2-1-3-7-12)10-16-8-4-5-11(9-16)14(18)19/h1-3,5-7H,4,8-10H2,(H,15,17)(H,18,19). The number of carboxylic acids is 1. The molecule has 0 fully saturated rings. The molecule has 1 amide bonds. The molecule has 1 heterocycles. The number of carbonyl (C=O) groups excluding carboxylic acids is 1. The molecule has 1 aromatic rings. The van der Waals surface area contributed by atoms with Crippen LogP contribution in [0.3, 0.4) is 0 Å². The van der Waals surface area contributed by atoms with Crippen molar-refractivity contribution in [1.29, 1.82) is 0 Å². The zero-order valence-corrected chi connectivity index (χ0v) is 10.5. The number of carboxylic acid groups (broad SMARTS) is 1. The average molecular weight is 260 g/mol. The first-order valence-electron chi connectivity index (χ1n) is 6.15. The second kappa shape index (κ2) is 6.15. The highest BCUT2D eigenvalue weighted by atomic mass is 16.4. The Bertz CT molecular complexity index is 497. The van der Waals surface area contributed by atoms with Gasteiger partial charge in [-0.2, -0.15) is 0 Å². The Kier molecular flexibility index (Phi) is 4.30. The van der Waals surface area contributed by atoms with Gasteiger partial charge >= 0.3 is 5.97 Å². The number of benzene rings is 1. The summed E-state index contributed by atoms with van der Waals surface area (Å²) in [6.07, 6.45) is 2.38. The molecule has 0 radical (unpaired) electrons. The van der Waals surface area contributed by atoms with Crippen LogP contribution in [0.5, 0.6) is 0 Å². The van der Waals surface area contributed by atoms with Crippen molar-refractivity contribution in [2.24, 2.45) is 0 Å². The fourth-order valence-corrected chi connectivity index (χ4v) is 2.02. The predicted octanol–water partition coefficient (Wildman–Crippen LogP) is 1.34. The van der Waals surface area contributed by atoms with E-state index in [0.29, 0.717) is 25.1 Å². The van der Waals surface area contributed by atoms with Gasteiger partial charge in [0.1, 0.15) is 0 Å². The maximum atomic E-state index is 11.8. The van der Waals surface area contributed by atoms with E-state index >= 15 is 0 Å². The summed E-state index contributed by atoms with van der Waals surface area (Å²) >= 11 is 0. The van der Waals surface area contributed by atoms with Gasteiger partial charge in [-0.05, 0) is 18.6 Å². The number of anilines is 1. The largest absolute Gasteiger partial charge is 0.478 e. The Labute approximate surface area is 111 Å². The van der Waals surface area contributed by atoms with Crippen molar-refractivity contribution >= 4 is 17.6 Å². The molecule has 1 aliphatic rings. The summed E-state index contributed by atoms with van der Waals surface area (Å²) in [5.74, 6) is -1.04. The highest BCUT2D eigenvalue weighted by molar-refractivity contribution is 5.92. The molecule has 5 nitrogen and oxygen atoms in total. The van der Waals surface area contributed by atoms with E-state index in [1.165, 1.54) is 0 Å². The van der Waals surface area contributed by atoms with Crippen LogP contribution in [0.4, 0.5) is 5.69 Å². The summed E-state index contributed by atoms with van der Waals surface area (Å²) in [4.78, 5) is 24.6. The minimum atomic E-state index is -0.909. The summed E-state index contributed by atoms with van der Waals surface area (Å²) in [7, 11) is 0. The first-order chi connectivity index (χ1) is 9.15. The van der Waals surface area contributed by atoms with Gasteiger partial charge in [-0.25, -0.2) is 4.79 Å². The molecule has 1 aliphatic heterocycles. The normalized spacial score (nSPS) is 15.7. The lowest BCUT2D eigenvalue weighted by atomic mass is 10.1. The fraction of sp³-hybridized carbons (Fsp3) is 0.286. The third-order valence-corrected chi connectivity index (χ3v) is 2.93. The Hall–Kier alpha value is -2.14. The highest BCUT2D eigenvalue weighted by Gasteiger charge is 2.19. The van der Waals surface area contributed by atoms with Gasteiger partial charge in [0.15, 0.2) is 0 Å². The van der Waals surface area contributed by atoms with E-state index in [2.05, 4.69) is 5.32 Å². The van der Waals surface area contributed by atoms with Crippen LogP contribution in [0.15, 0.2) is 42.0 Å². The SMILES string of the molecule is O=C(CN1CCC=C(C(=O)O)C1)Nc1ccccc1. The topological polar surface area (TPSA) is 69.6 Å². The van der Waals surface area contributed by atoms with Crippen LogP contribution in [0.1, 0.15) is 6.42 Å². The fourth-order valence-electron chi connectivity index (χ4n) is 2.02. The second-order valence-electron chi connectivity index (χ2n) is 4.45. The molecule has 2 rings (SSSR count). The van der Waals surface area contributed by atoms with Gasteiger partial charge in [0.2, 0.25) is 5.91 Å². The number of hydrogen-bond acceptors (Lipinski definition) is 3. The van der Waals surface area contributed by atoms with E-state index in [1.54, 1.807) is 6.08 Å². The van der Waals surface area contributed by atoms with Crippen molar-refractivity contribution in [1.82, 2.24) is 4.90 Å². The Morgan fingerprint density at radius 2 is 2.00 bits per heavy atom. The van der Waals surface area contributed by atoms with Gasteiger partial charge < -0.3 is 10.4 Å². The lowest BCUT2D eigenvalue weighted by Crippen LogP contribution is -2.38. The van der Waals surface area contributed by atoms with Crippen molar-refractivity contribution in [2.75, 3.05) is 25.0 Å². The smallest absolute Gasteiger partial charge is 0.332 e. The van der Waals surface area contributed by atoms with Gasteiger partial charge in [0, 0.05) is 24.4 Å². The first kappa shape index (κ1) is 13.3. The van der Waals surface area contributed by atoms with Gasteiger partial charge in [0.25, 0.3) is 0 Å². The van der Waals surface area contributed by atoms with Crippen molar-refractivity contribution in [3.05, 3.63) is 42.0 Å². The number of hydrogen-bond donors (Lipinski definition) is 2. The molecule has 100 valence electrons. The number of para-hydroxylation sites is 1. The molecule has 0 saturated heterocycles. The van der Waals surface area contributed by atoms with Crippen LogP contribution in [0, 0.1) is 0 Å². The van der Waals surface area contributed by atoms with Crippen molar-refractivity contribution < 1.29 is 14.7 Å². The van der Waals surface area contributed by atoms with E-state index in [-0.39, 0.29) is 12.5 Å². The molecule has 0 saturated carbocycles. The quantitative estimate of drug-likeness (QED) is 0.857. The number of rotatable bonds is 4. The Balaban J connectivity index is 1.86. The molecule has 0 spiro atoms. The van der Waals surface area contributed by atoms with E-state index in [1.807, 2.05) is 35.2 Å². The Morgan fingerprint density at radius 1 is 1.26 bits per heavy atom. The summed E-state index contributed by atoms with van der Waals surface area (Å²) in [6.45, 7) is 1.23. The van der Waals surface area contributed by atoms with Gasteiger partial charge in [0.05, 0.1) is 6.54 Å². The van der Waals surface area contributed by atoms with Crippen molar-refractivity contribution in [3.8, 4) is 0 Å². The van der Waals surface area contributed by atoms with E-state index in [9.17, 15) is 9.59 Å². The van der Waals surface area contributed by atoms with E-state index < -0.39 is 5.97 Å². The summed E-state index contributed by atoms with van der Waals surface area (Å²) in [6, 6.07) is 9.21. The molecule has 19 heavy (non-hydrogen) atoms. The summed E-state index contributed by atoms with van der Waals surface area (Å²) in [5, 5.41) is 11.7. The first-order valence-corrected chi connectivity index (χ1v) is 6.15. The molecule has 5 heteroatoms. The van der Waals surface area contributed by atoms with Gasteiger partial charge in [-0.15, -0.1) is 0 Å². The summed E-state index contributed by atoms with van der Waals surface area (Å²) in [5.41, 5.74) is 1.11. The lowest BCUT2D eigenvalue weighted by Gasteiger charge is -2.24. The molecule has 0 aliphatic carbocycles. The number of carbonyl (C=O) groups is 2. The van der Waals surface area contributed by atoms with Crippen LogP contribution < -0.4 is 5.32 Å². The molecule has 1 aromatic carbocycles. The van der Waals surface area contributed by atoms with E-state index in [4.69, 9.17) is 5.11 Å². The lowest BCUT2D eigenvalue weighted by molar-refractivity contribution is -0.133. The maximum absolute atomic E-state index is 11.8. The van der Waals surface area contributed by atoms with Crippen molar-refractivity contribution in [3.63, 3.8) is 0 Å². The predicted molar refractivity (Wildman–Crippen MR) is 71.8 cm³/mol. The van der Waals surface area contributed by atoms with Gasteiger partial charge in [-0.1, -0.05) is 24.3 Å². The molecule has 0 aromatic heterocycles. The minimum absolute atomic E-state index is 0.127. The molecule has 0 bridgehead atoms. The molecular weight excluding hydrogens is 244 g/mol. The zero-order valence-electron chi connectivity index (χ0n) is 10.5. The van der Waals surface area contributed by atoms with Gasteiger partial charge in [-0.3, -0.25) is 9.69 Å². The zero-order chi connectivity index (χ0) is 13.7. The van der Waals surface area contributed by atoms with Crippen LogP contribution in [0.2, 0.25) is 0 Å². The van der Waals surface area contributed by atoms with Crippen molar-refractivity contribution in [2.45, 2.75) is 6.42 Å². The molecular formula is C14H16N2O3. The summed E-state index contributed by atoms with van der Waals surface area (Å²) < 4.78 is 0. The Morgan fingerprint density at radius 3 is 2.68 bits per heavy atom. The van der Waals surface area contributed by atoms with Crippen LogP contribution in [0.25, 0.3) is 0 Å². The third kappa shape index (κ3) is 3.93. The number of nitrogens with one attached hydrogen (secondary N) is 1. The average Bonchev–Trinajstić information content (AvgIpc) is 2.40. The highest BCUT2D eigenvalue weighted by Crippen LogP contribution is 2.10. The van der Waals surface area contributed by atoms with Crippen LogP contribution >= 0.6 is 0 Å². The second-order valence-corrected chi connectivity index (χ2v) is 4.45. The molecule has 0 atom stereocenters. The number of amides is 1. The molecule has 2 N–H and O–H groups in total. The maximum Gasteiger partial charge on any atom is 0.332 e. The monoisotopic (exact) mass is 260 g/mol. The van der Waals surface area contributed by atoms with E-state index in [0.717, 1.165) is 5.69 Å². The van der Waals surface area contributed by atoms with Crippen LogP contribution in [-0.4, -0.2) is 41.5 Å². The third-order valence-electron chi connectivity index (χ3n) is 2.93.